The van der Waals surface area contributed by atoms with Gasteiger partial charge in [-0.05, 0) is 47.3 Å². The van der Waals surface area contributed by atoms with Crippen LogP contribution in [0, 0.1) is 6.92 Å². The van der Waals surface area contributed by atoms with Crippen LogP contribution in [-0.2, 0) is 20.4 Å². The summed E-state index contributed by atoms with van der Waals surface area (Å²) in [7, 11) is 1.43. The molecule has 0 spiro atoms. The molecule has 0 aliphatic heterocycles. The van der Waals surface area contributed by atoms with Crippen molar-refractivity contribution in [2.24, 2.45) is 0 Å². The van der Waals surface area contributed by atoms with Crippen molar-refractivity contribution in [3.63, 3.8) is 0 Å². The van der Waals surface area contributed by atoms with Gasteiger partial charge in [-0.3, -0.25) is 10.00 Å². The van der Waals surface area contributed by atoms with E-state index in [-0.39, 0.29) is 17.0 Å². The molecule has 0 saturated heterocycles. The number of benzene rings is 3. The number of methoxy groups -OCH3 is 3. The molecule has 0 saturated carbocycles. The van der Waals surface area contributed by atoms with Crippen LogP contribution in [0.4, 0.5) is 16.6 Å². The molecule has 280 valence electrons. The molecule has 12 nitrogen and oxygen atoms in total. The van der Waals surface area contributed by atoms with Crippen molar-refractivity contribution in [1.29, 1.82) is 0 Å². The molecule has 13 heteroatoms. The van der Waals surface area contributed by atoms with Gasteiger partial charge in [-0.2, -0.15) is 10.1 Å². The molecule has 5 aromatic rings. The highest BCUT2D eigenvalue weighted by atomic mass is 28.4. The Morgan fingerprint density at radius 3 is 2.11 bits per heavy atom. The lowest BCUT2D eigenvalue weighted by Gasteiger charge is -2.43. The van der Waals surface area contributed by atoms with E-state index in [9.17, 15) is 9.59 Å². The van der Waals surface area contributed by atoms with Crippen LogP contribution in [0.1, 0.15) is 68.6 Å². The van der Waals surface area contributed by atoms with Gasteiger partial charge in [0.2, 0.25) is 5.95 Å². The molecule has 0 bridgehead atoms. The summed E-state index contributed by atoms with van der Waals surface area (Å²) in [6.07, 6.45) is 1.77. The molecule has 0 aliphatic carbocycles. The Labute approximate surface area is 312 Å². The van der Waals surface area contributed by atoms with Gasteiger partial charge in [-0.15, -0.1) is 0 Å². The number of hydrogen-bond acceptors (Lipinski definition) is 10. The monoisotopic (exact) mass is 738 g/mol. The number of fused-ring (bicyclic) bond motifs is 1. The standard InChI is InChI=1S/C40H50N6O6Si/c1-9-16-30(23-24-52-53(40(3,4)5,31-17-12-10-13-18-31)32-19-14-11-15-20-32)41-36-35-34(42-38(43-36)44-39(48)51-8)27(2)45-46(35)26-29-22-21-28(37(47)50-7)25-33(29)49-6/h10-15,17-22,25,30H,9,16,23-24,26H2,1-8H3,(H2,41,42,43,44,48)/t30-/m0/s1. The Hall–Kier alpha value is -5.27. The quantitative estimate of drug-likeness (QED) is 0.0881. The molecule has 53 heavy (non-hydrogen) atoms. The summed E-state index contributed by atoms with van der Waals surface area (Å²) in [6.45, 7) is 11.6. The van der Waals surface area contributed by atoms with Gasteiger partial charge in [-0.25, -0.2) is 14.6 Å². The molecule has 2 N–H and O–H groups in total. The number of nitrogens with zero attached hydrogens (tertiary/aromatic N) is 4. The van der Waals surface area contributed by atoms with Crippen LogP contribution in [0.15, 0.2) is 78.9 Å². The normalized spacial score (nSPS) is 12.3. The minimum Gasteiger partial charge on any atom is -0.496 e. The van der Waals surface area contributed by atoms with Gasteiger partial charge < -0.3 is 24.0 Å². The number of aryl methyl sites for hydroxylation is 1. The predicted octanol–water partition coefficient (Wildman–Crippen LogP) is 6.70. The number of esters is 1. The van der Waals surface area contributed by atoms with Crippen molar-refractivity contribution in [3.8, 4) is 5.75 Å². The first-order valence-corrected chi connectivity index (χ1v) is 19.7. The third-order valence-corrected chi connectivity index (χ3v) is 14.4. The van der Waals surface area contributed by atoms with E-state index in [1.807, 2.05) is 29.8 Å². The van der Waals surface area contributed by atoms with Crippen molar-refractivity contribution in [2.45, 2.75) is 71.5 Å². The minimum atomic E-state index is -2.75. The third kappa shape index (κ3) is 8.52. The van der Waals surface area contributed by atoms with Crippen molar-refractivity contribution in [1.82, 2.24) is 19.7 Å². The summed E-state index contributed by atoms with van der Waals surface area (Å²) in [5.74, 6) is 0.656. The molecule has 3 aromatic carbocycles. The highest BCUT2D eigenvalue weighted by Gasteiger charge is 2.50. The first-order chi connectivity index (χ1) is 25.4. The zero-order valence-corrected chi connectivity index (χ0v) is 32.9. The number of carbonyl (C=O) groups is 2. The Kier molecular flexibility index (Phi) is 12.5. The molecular formula is C40H50N6O6Si. The summed E-state index contributed by atoms with van der Waals surface area (Å²) in [4.78, 5) is 34.0. The molecule has 0 fully saturated rings. The van der Waals surface area contributed by atoms with Crippen molar-refractivity contribution < 1.29 is 28.2 Å². The Balaban J connectivity index is 1.52. The fourth-order valence-electron chi connectivity index (χ4n) is 6.87. The molecule has 0 unspecified atom stereocenters. The molecular weight excluding hydrogens is 689 g/mol. The highest BCUT2D eigenvalue weighted by Crippen LogP contribution is 2.37. The number of aromatic nitrogens is 4. The number of hydrogen-bond donors (Lipinski definition) is 2. The van der Waals surface area contributed by atoms with Gasteiger partial charge in [0, 0.05) is 18.2 Å². The predicted molar refractivity (Wildman–Crippen MR) is 210 cm³/mol. The number of ether oxygens (including phenoxy) is 3. The van der Waals surface area contributed by atoms with Gasteiger partial charge in [0.25, 0.3) is 8.32 Å². The van der Waals surface area contributed by atoms with E-state index < -0.39 is 20.4 Å². The Bertz CT molecular complexity index is 1980. The van der Waals surface area contributed by atoms with Gasteiger partial charge in [0.05, 0.1) is 39.1 Å². The van der Waals surface area contributed by atoms with E-state index in [0.717, 1.165) is 18.4 Å². The minimum absolute atomic E-state index is 0.0418. The first kappa shape index (κ1) is 38.9. The average Bonchev–Trinajstić information content (AvgIpc) is 3.47. The fourth-order valence-corrected chi connectivity index (χ4v) is 11.5. The van der Waals surface area contributed by atoms with Crippen molar-refractivity contribution in [2.75, 3.05) is 38.6 Å². The maximum Gasteiger partial charge on any atom is 0.413 e. The van der Waals surface area contributed by atoms with Crippen LogP contribution in [0.3, 0.4) is 0 Å². The lowest BCUT2D eigenvalue weighted by Crippen LogP contribution is -2.66. The topological polar surface area (TPSA) is 139 Å². The van der Waals surface area contributed by atoms with E-state index >= 15 is 0 Å². The van der Waals surface area contributed by atoms with Crippen molar-refractivity contribution in [3.05, 3.63) is 95.7 Å². The maximum absolute atomic E-state index is 12.3. The van der Waals surface area contributed by atoms with Gasteiger partial charge in [0.15, 0.2) is 5.82 Å². The van der Waals surface area contributed by atoms with Gasteiger partial charge in [0.1, 0.15) is 16.8 Å². The summed E-state index contributed by atoms with van der Waals surface area (Å²) in [6, 6.07) is 26.3. The SMILES string of the molecule is CCC[C@@H](CCO[Si](c1ccccc1)(c1ccccc1)C(C)(C)C)Nc1nc(NC(=O)OC)nc2c(C)nn(Cc3ccc(C(=O)OC)cc3OC)c12. The van der Waals surface area contributed by atoms with E-state index in [1.165, 1.54) is 24.6 Å². The summed E-state index contributed by atoms with van der Waals surface area (Å²) < 4.78 is 24.5. The second-order valence-electron chi connectivity index (χ2n) is 13.9. The number of anilines is 2. The second kappa shape index (κ2) is 17.0. The molecule has 1 atom stereocenters. The zero-order chi connectivity index (χ0) is 38.2. The molecule has 1 amide bonds. The van der Waals surface area contributed by atoms with Crippen LogP contribution in [0.5, 0.6) is 5.75 Å². The van der Waals surface area contributed by atoms with E-state index in [0.29, 0.717) is 53.4 Å². The van der Waals surface area contributed by atoms with E-state index in [1.54, 1.807) is 19.2 Å². The van der Waals surface area contributed by atoms with Crippen LogP contribution < -0.4 is 25.7 Å². The van der Waals surface area contributed by atoms with E-state index in [2.05, 4.69) is 91.8 Å². The molecule has 0 radical (unpaired) electrons. The second-order valence-corrected chi connectivity index (χ2v) is 18.2. The summed E-state index contributed by atoms with van der Waals surface area (Å²) >= 11 is 0. The molecule has 0 aliphatic rings. The largest absolute Gasteiger partial charge is 0.496 e. The smallest absolute Gasteiger partial charge is 0.413 e. The third-order valence-electron chi connectivity index (χ3n) is 9.36. The lowest BCUT2D eigenvalue weighted by molar-refractivity contribution is 0.0600. The summed E-state index contributed by atoms with van der Waals surface area (Å²) in [5.41, 5.74) is 3.03. The maximum atomic E-state index is 12.3. The van der Waals surface area contributed by atoms with E-state index in [4.69, 9.17) is 28.7 Å². The number of amides is 1. The number of carbonyl (C=O) groups excluding carboxylic acids is 2. The number of rotatable bonds is 15. The molecule has 2 heterocycles. The van der Waals surface area contributed by atoms with Crippen LogP contribution in [0.2, 0.25) is 5.04 Å². The van der Waals surface area contributed by atoms with Crippen molar-refractivity contribution >= 4 is 53.6 Å². The average molecular weight is 739 g/mol. The highest BCUT2D eigenvalue weighted by molar-refractivity contribution is 6.99. The van der Waals surface area contributed by atoms with Gasteiger partial charge >= 0.3 is 12.1 Å². The fraction of sp³-hybridized carbons (Fsp3) is 0.375. The zero-order valence-electron chi connectivity index (χ0n) is 31.9. The number of nitrogens with one attached hydrogen (secondary N) is 2. The Morgan fingerprint density at radius 1 is 0.887 bits per heavy atom. The molecule has 2 aromatic heterocycles. The van der Waals surface area contributed by atoms with Gasteiger partial charge in [-0.1, -0.05) is 101 Å². The molecule has 5 rings (SSSR count). The first-order valence-electron chi connectivity index (χ1n) is 17.8. The van der Waals surface area contributed by atoms with Crippen LogP contribution in [0.25, 0.3) is 11.0 Å². The van der Waals surface area contributed by atoms with Crippen LogP contribution in [-0.4, -0.2) is 74.1 Å². The van der Waals surface area contributed by atoms with Crippen LogP contribution >= 0.6 is 0 Å². The summed E-state index contributed by atoms with van der Waals surface area (Å²) in [5, 5.41) is 13.5. The lowest BCUT2D eigenvalue weighted by atomic mass is 10.1. The Morgan fingerprint density at radius 2 is 1.55 bits per heavy atom.